The molecular formula is C15H30Br2. The van der Waals surface area contributed by atoms with E-state index in [0.717, 1.165) is 22.5 Å². The molecule has 0 nitrogen and oxygen atoms in total. The molecule has 0 amide bonds. The predicted octanol–water partition coefficient (Wildman–Crippen LogP) is 6.42. The molecule has 0 aliphatic rings. The molecule has 104 valence electrons. The zero-order valence-electron chi connectivity index (χ0n) is 12.1. The van der Waals surface area contributed by atoms with Gasteiger partial charge in [0.2, 0.25) is 0 Å². The van der Waals surface area contributed by atoms with E-state index in [0.29, 0.717) is 5.41 Å². The van der Waals surface area contributed by atoms with Crippen molar-refractivity contribution in [2.24, 2.45) is 17.3 Å². The summed E-state index contributed by atoms with van der Waals surface area (Å²) in [6.45, 7) is 9.33. The molecule has 0 saturated heterocycles. The lowest BCUT2D eigenvalue weighted by atomic mass is 9.75. The molecule has 1 unspecified atom stereocenters. The molecule has 0 aliphatic carbocycles. The molecule has 2 heteroatoms. The van der Waals surface area contributed by atoms with E-state index in [1.54, 1.807) is 0 Å². The lowest BCUT2D eigenvalue weighted by Gasteiger charge is -2.35. The predicted molar refractivity (Wildman–Crippen MR) is 87.4 cm³/mol. The van der Waals surface area contributed by atoms with Crippen LogP contribution in [0.3, 0.4) is 0 Å². The maximum absolute atomic E-state index is 3.76. The highest BCUT2D eigenvalue weighted by atomic mass is 79.9. The molecule has 0 fully saturated rings. The van der Waals surface area contributed by atoms with Crippen molar-refractivity contribution in [1.82, 2.24) is 0 Å². The Morgan fingerprint density at radius 1 is 1.00 bits per heavy atom. The number of rotatable bonds is 10. The highest BCUT2D eigenvalue weighted by Gasteiger charge is 2.31. The summed E-state index contributed by atoms with van der Waals surface area (Å²) in [6, 6.07) is 0. The largest absolute Gasteiger partial charge is 0.0922 e. The zero-order valence-corrected chi connectivity index (χ0v) is 15.2. The SMILES string of the molecule is CCCCC(CC)CC(CBr)(CBr)CC(C)C. The standard InChI is InChI=1S/C15H30Br2/c1-5-7-8-14(6-2)10-15(11-16,12-17)9-13(3)4/h13-14H,5-12H2,1-4H3. The fourth-order valence-corrected chi connectivity index (χ4v) is 4.60. The molecule has 17 heavy (non-hydrogen) atoms. The van der Waals surface area contributed by atoms with Crippen molar-refractivity contribution in [2.75, 3.05) is 10.7 Å². The summed E-state index contributed by atoms with van der Waals surface area (Å²) in [6.07, 6.45) is 8.16. The first-order valence-electron chi connectivity index (χ1n) is 7.15. The molecule has 0 aromatic rings. The second-order valence-corrected chi connectivity index (χ2v) is 7.11. The summed E-state index contributed by atoms with van der Waals surface area (Å²) in [5.41, 5.74) is 0.461. The van der Waals surface area contributed by atoms with Gasteiger partial charge >= 0.3 is 0 Å². The van der Waals surface area contributed by atoms with Gasteiger partial charge in [0.15, 0.2) is 0 Å². The van der Waals surface area contributed by atoms with Gasteiger partial charge in [-0.15, -0.1) is 0 Å². The number of hydrogen-bond acceptors (Lipinski definition) is 0. The van der Waals surface area contributed by atoms with Gasteiger partial charge in [-0.3, -0.25) is 0 Å². The van der Waals surface area contributed by atoms with Gasteiger partial charge in [0, 0.05) is 10.7 Å². The summed E-state index contributed by atoms with van der Waals surface area (Å²) in [4.78, 5) is 0. The van der Waals surface area contributed by atoms with Gasteiger partial charge in [-0.05, 0) is 30.1 Å². The topological polar surface area (TPSA) is 0 Å². The molecule has 0 aromatic carbocycles. The Bertz CT molecular complexity index is 174. The Morgan fingerprint density at radius 2 is 1.59 bits per heavy atom. The second-order valence-electron chi connectivity index (χ2n) is 5.99. The van der Waals surface area contributed by atoms with Crippen LogP contribution >= 0.6 is 31.9 Å². The molecule has 0 heterocycles. The minimum Gasteiger partial charge on any atom is -0.0922 e. The average Bonchev–Trinajstić information content (AvgIpc) is 2.32. The highest BCUT2D eigenvalue weighted by molar-refractivity contribution is 9.09. The smallest absolute Gasteiger partial charge is 0.00961 e. The third kappa shape index (κ3) is 7.20. The van der Waals surface area contributed by atoms with E-state index in [1.807, 2.05) is 0 Å². The summed E-state index contributed by atoms with van der Waals surface area (Å²) in [5, 5.41) is 2.26. The Kier molecular flexibility index (Phi) is 10.4. The van der Waals surface area contributed by atoms with Crippen molar-refractivity contribution in [2.45, 2.75) is 66.2 Å². The zero-order chi connectivity index (χ0) is 13.3. The van der Waals surface area contributed by atoms with Crippen LogP contribution < -0.4 is 0 Å². The van der Waals surface area contributed by atoms with E-state index in [4.69, 9.17) is 0 Å². The molecule has 0 bridgehead atoms. The molecule has 0 spiro atoms. The number of halogens is 2. The van der Waals surface area contributed by atoms with Gasteiger partial charge in [0.25, 0.3) is 0 Å². The van der Waals surface area contributed by atoms with Gasteiger partial charge in [-0.2, -0.15) is 0 Å². The van der Waals surface area contributed by atoms with Gasteiger partial charge in [0.05, 0.1) is 0 Å². The summed E-state index contributed by atoms with van der Waals surface area (Å²) in [5.74, 6) is 1.69. The summed E-state index contributed by atoms with van der Waals surface area (Å²) in [7, 11) is 0. The molecule has 0 aromatic heterocycles. The molecule has 0 N–H and O–H groups in total. The quantitative estimate of drug-likeness (QED) is 0.390. The van der Waals surface area contributed by atoms with Crippen LogP contribution in [0.1, 0.15) is 66.2 Å². The second kappa shape index (κ2) is 9.83. The fourth-order valence-electron chi connectivity index (χ4n) is 2.76. The lowest BCUT2D eigenvalue weighted by Crippen LogP contribution is -2.29. The molecular weight excluding hydrogens is 340 g/mol. The van der Waals surface area contributed by atoms with Gasteiger partial charge < -0.3 is 0 Å². The average molecular weight is 370 g/mol. The van der Waals surface area contributed by atoms with Crippen LogP contribution in [0.25, 0.3) is 0 Å². The maximum Gasteiger partial charge on any atom is 0.00961 e. The summed E-state index contributed by atoms with van der Waals surface area (Å²) >= 11 is 7.52. The van der Waals surface area contributed by atoms with Crippen LogP contribution in [0.4, 0.5) is 0 Å². The van der Waals surface area contributed by atoms with E-state index in [2.05, 4.69) is 59.6 Å². The molecule has 0 radical (unpaired) electrons. The number of unbranched alkanes of at least 4 members (excludes halogenated alkanes) is 1. The molecule has 0 rings (SSSR count). The van der Waals surface area contributed by atoms with Crippen molar-refractivity contribution in [3.8, 4) is 0 Å². The van der Waals surface area contributed by atoms with Crippen LogP contribution in [0.2, 0.25) is 0 Å². The van der Waals surface area contributed by atoms with Crippen molar-refractivity contribution in [3.05, 3.63) is 0 Å². The van der Waals surface area contributed by atoms with Crippen LogP contribution in [0, 0.1) is 17.3 Å². The van der Waals surface area contributed by atoms with E-state index < -0.39 is 0 Å². The Morgan fingerprint density at radius 3 is 1.94 bits per heavy atom. The first-order chi connectivity index (χ1) is 8.03. The number of alkyl halides is 2. The van der Waals surface area contributed by atoms with Crippen molar-refractivity contribution < 1.29 is 0 Å². The fraction of sp³-hybridized carbons (Fsp3) is 1.00. The Balaban J connectivity index is 4.47. The summed E-state index contributed by atoms with van der Waals surface area (Å²) < 4.78 is 0. The van der Waals surface area contributed by atoms with Gasteiger partial charge in [-0.25, -0.2) is 0 Å². The van der Waals surface area contributed by atoms with E-state index >= 15 is 0 Å². The van der Waals surface area contributed by atoms with E-state index in [-0.39, 0.29) is 0 Å². The third-order valence-corrected chi connectivity index (χ3v) is 6.05. The number of hydrogen-bond donors (Lipinski definition) is 0. The van der Waals surface area contributed by atoms with Crippen molar-refractivity contribution >= 4 is 31.9 Å². The van der Waals surface area contributed by atoms with Crippen LogP contribution in [0.15, 0.2) is 0 Å². The third-order valence-electron chi connectivity index (χ3n) is 3.67. The van der Waals surface area contributed by atoms with Crippen LogP contribution in [-0.4, -0.2) is 10.7 Å². The van der Waals surface area contributed by atoms with E-state index in [1.165, 1.54) is 38.5 Å². The van der Waals surface area contributed by atoms with Crippen LogP contribution in [-0.2, 0) is 0 Å². The van der Waals surface area contributed by atoms with Crippen molar-refractivity contribution in [3.63, 3.8) is 0 Å². The minimum atomic E-state index is 0.461. The molecule has 1 atom stereocenters. The Hall–Kier alpha value is 0.960. The first kappa shape index (κ1) is 18.0. The Labute approximate surface area is 126 Å². The lowest BCUT2D eigenvalue weighted by molar-refractivity contribution is 0.222. The molecule has 0 aliphatic heterocycles. The normalized spacial score (nSPS) is 14.3. The monoisotopic (exact) mass is 368 g/mol. The minimum absolute atomic E-state index is 0.461. The van der Waals surface area contributed by atoms with E-state index in [9.17, 15) is 0 Å². The van der Waals surface area contributed by atoms with Crippen LogP contribution in [0.5, 0.6) is 0 Å². The molecule has 0 saturated carbocycles. The van der Waals surface area contributed by atoms with Gasteiger partial charge in [-0.1, -0.05) is 85.2 Å². The van der Waals surface area contributed by atoms with Crippen molar-refractivity contribution in [1.29, 1.82) is 0 Å². The first-order valence-corrected chi connectivity index (χ1v) is 9.39. The van der Waals surface area contributed by atoms with Gasteiger partial charge in [0.1, 0.15) is 0 Å². The maximum atomic E-state index is 3.76. The highest BCUT2D eigenvalue weighted by Crippen LogP contribution is 2.39.